The van der Waals surface area contributed by atoms with Crippen LogP contribution in [0.5, 0.6) is 0 Å². The van der Waals surface area contributed by atoms with Crippen LogP contribution >= 0.6 is 0 Å². The highest BCUT2D eigenvalue weighted by atomic mass is 15.1. The van der Waals surface area contributed by atoms with Gasteiger partial charge in [0.2, 0.25) is 0 Å². The SMILES string of the molecule is NC[C@@]12CCN[C@@H]3CCCC(=CCN1)[C@@H]32. The summed E-state index contributed by atoms with van der Waals surface area (Å²) in [7, 11) is 0. The van der Waals surface area contributed by atoms with E-state index >= 15 is 0 Å². The Labute approximate surface area is 91.5 Å². The molecule has 3 nitrogen and oxygen atoms in total. The molecule has 0 aromatic rings. The van der Waals surface area contributed by atoms with E-state index in [0.717, 1.165) is 19.6 Å². The molecule has 0 aromatic heterocycles. The summed E-state index contributed by atoms with van der Waals surface area (Å²) >= 11 is 0. The van der Waals surface area contributed by atoms with Gasteiger partial charge >= 0.3 is 0 Å². The van der Waals surface area contributed by atoms with Gasteiger partial charge in [0.15, 0.2) is 0 Å². The molecule has 0 bridgehead atoms. The topological polar surface area (TPSA) is 50.1 Å². The van der Waals surface area contributed by atoms with Crippen molar-refractivity contribution in [3.63, 3.8) is 0 Å². The third-order valence-corrected chi connectivity index (χ3v) is 4.54. The second-order valence-corrected chi connectivity index (χ2v) is 5.20. The molecule has 4 N–H and O–H groups in total. The first-order valence-corrected chi connectivity index (χ1v) is 6.23. The first kappa shape index (κ1) is 9.82. The van der Waals surface area contributed by atoms with E-state index < -0.39 is 0 Å². The average Bonchev–Trinajstić information content (AvgIpc) is 2.30. The van der Waals surface area contributed by atoms with Crippen molar-refractivity contribution in [3.8, 4) is 0 Å². The van der Waals surface area contributed by atoms with E-state index in [4.69, 9.17) is 5.73 Å². The van der Waals surface area contributed by atoms with Crippen LogP contribution in [0.4, 0.5) is 0 Å². The molecule has 0 aromatic carbocycles. The van der Waals surface area contributed by atoms with Gasteiger partial charge in [0.25, 0.3) is 0 Å². The lowest BCUT2D eigenvalue weighted by atomic mass is 9.64. The molecule has 1 saturated carbocycles. The van der Waals surface area contributed by atoms with E-state index in [1.165, 1.54) is 25.7 Å². The van der Waals surface area contributed by atoms with Gasteiger partial charge in [-0.3, -0.25) is 0 Å². The van der Waals surface area contributed by atoms with E-state index in [-0.39, 0.29) is 5.54 Å². The van der Waals surface area contributed by atoms with Gasteiger partial charge in [0.1, 0.15) is 0 Å². The second kappa shape index (κ2) is 3.58. The zero-order valence-corrected chi connectivity index (χ0v) is 9.26. The summed E-state index contributed by atoms with van der Waals surface area (Å²) in [5, 5.41) is 7.34. The maximum absolute atomic E-state index is 6.03. The third kappa shape index (κ3) is 1.37. The van der Waals surface area contributed by atoms with Crippen LogP contribution in [0.25, 0.3) is 0 Å². The van der Waals surface area contributed by atoms with Crippen molar-refractivity contribution < 1.29 is 0 Å². The van der Waals surface area contributed by atoms with Crippen molar-refractivity contribution in [2.75, 3.05) is 19.6 Å². The predicted molar refractivity (Wildman–Crippen MR) is 61.6 cm³/mol. The van der Waals surface area contributed by atoms with Crippen LogP contribution in [0.2, 0.25) is 0 Å². The fourth-order valence-electron chi connectivity index (χ4n) is 3.82. The van der Waals surface area contributed by atoms with E-state index in [2.05, 4.69) is 16.7 Å². The zero-order chi connectivity index (χ0) is 10.3. The van der Waals surface area contributed by atoms with Gasteiger partial charge in [-0.2, -0.15) is 0 Å². The Morgan fingerprint density at radius 3 is 3.33 bits per heavy atom. The first-order chi connectivity index (χ1) is 7.36. The lowest BCUT2D eigenvalue weighted by Gasteiger charge is -2.54. The molecule has 3 rings (SSSR count). The molecular weight excluding hydrogens is 186 g/mol. The Morgan fingerprint density at radius 1 is 1.53 bits per heavy atom. The van der Waals surface area contributed by atoms with Gasteiger partial charge < -0.3 is 16.4 Å². The van der Waals surface area contributed by atoms with Gasteiger partial charge in [-0.05, 0) is 32.2 Å². The quantitative estimate of drug-likeness (QED) is 0.545. The zero-order valence-electron chi connectivity index (χ0n) is 9.26. The summed E-state index contributed by atoms with van der Waals surface area (Å²) in [6, 6.07) is 0.676. The highest BCUT2D eigenvalue weighted by Gasteiger charge is 2.48. The normalized spacial score (nSPS) is 44.5. The van der Waals surface area contributed by atoms with Crippen molar-refractivity contribution in [1.82, 2.24) is 10.6 Å². The number of hydrogen-bond donors (Lipinski definition) is 3. The minimum atomic E-state index is 0.209. The maximum atomic E-state index is 6.03. The van der Waals surface area contributed by atoms with Crippen molar-refractivity contribution in [3.05, 3.63) is 11.6 Å². The largest absolute Gasteiger partial charge is 0.329 e. The number of hydrogen-bond acceptors (Lipinski definition) is 3. The molecule has 0 spiro atoms. The molecule has 0 radical (unpaired) electrons. The van der Waals surface area contributed by atoms with Crippen molar-refractivity contribution in [2.45, 2.75) is 37.3 Å². The van der Waals surface area contributed by atoms with Gasteiger partial charge in [0, 0.05) is 30.6 Å². The molecule has 1 aliphatic carbocycles. The lowest BCUT2D eigenvalue weighted by Crippen LogP contribution is -2.68. The fraction of sp³-hybridized carbons (Fsp3) is 0.833. The summed E-state index contributed by atoms with van der Waals surface area (Å²) in [4.78, 5) is 0. The maximum Gasteiger partial charge on any atom is 0.0399 e. The number of nitrogens with one attached hydrogen (secondary N) is 2. The van der Waals surface area contributed by atoms with E-state index in [9.17, 15) is 0 Å². The Balaban J connectivity index is 1.98. The van der Waals surface area contributed by atoms with Gasteiger partial charge in [-0.25, -0.2) is 0 Å². The van der Waals surface area contributed by atoms with E-state index in [0.29, 0.717) is 12.0 Å². The van der Waals surface area contributed by atoms with Crippen LogP contribution in [-0.2, 0) is 0 Å². The molecule has 84 valence electrons. The summed E-state index contributed by atoms with van der Waals surface area (Å²) in [6.07, 6.45) is 7.55. The molecule has 0 unspecified atom stereocenters. The predicted octanol–water partition coefficient (Wildman–Crippen LogP) is 0.375. The van der Waals surface area contributed by atoms with Crippen LogP contribution in [0.15, 0.2) is 11.6 Å². The number of nitrogens with two attached hydrogens (primary N) is 1. The Morgan fingerprint density at radius 2 is 2.47 bits per heavy atom. The summed E-state index contributed by atoms with van der Waals surface area (Å²) < 4.78 is 0. The van der Waals surface area contributed by atoms with Crippen LogP contribution in [0.1, 0.15) is 25.7 Å². The Kier molecular flexibility index (Phi) is 2.34. The lowest BCUT2D eigenvalue weighted by molar-refractivity contribution is 0.115. The molecule has 3 atom stereocenters. The van der Waals surface area contributed by atoms with Crippen LogP contribution in [-0.4, -0.2) is 31.2 Å². The number of rotatable bonds is 1. The molecule has 2 fully saturated rings. The van der Waals surface area contributed by atoms with Gasteiger partial charge in [-0.1, -0.05) is 11.6 Å². The Bertz CT molecular complexity index is 285. The first-order valence-electron chi connectivity index (χ1n) is 6.23. The van der Waals surface area contributed by atoms with E-state index in [1.807, 2.05) is 0 Å². The van der Waals surface area contributed by atoms with Crippen LogP contribution in [0.3, 0.4) is 0 Å². The monoisotopic (exact) mass is 207 g/mol. The van der Waals surface area contributed by atoms with Crippen molar-refractivity contribution in [2.24, 2.45) is 11.7 Å². The Hall–Kier alpha value is -0.380. The smallest absolute Gasteiger partial charge is 0.0399 e. The molecule has 3 heteroatoms. The highest BCUT2D eigenvalue weighted by Crippen LogP contribution is 2.42. The van der Waals surface area contributed by atoms with Gasteiger partial charge in [0.05, 0.1) is 0 Å². The minimum Gasteiger partial charge on any atom is -0.329 e. The molecule has 15 heavy (non-hydrogen) atoms. The second-order valence-electron chi connectivity index (χ2n) is 5.20. The van der Waals surface area contributed by atoms with E-state index in [1.54, 1.807) is 5.57 Å². The molecule has 3 aliphatic rings. The standard InChI is InChI=1S/C12H21N3/c13-8-12-5-7-14-10-3-1-2-9(11(10)12)4-6-15-12/h4,10-11,14-15H,1-3,5-8,13H2/t10-,11+,12-/m1/s1. The summed E-state index contributed by atoms with van der Waals surface area (Å²) in [5.41, 5.74) is 7.91. The average molecular weight is 207 g/mol. The van der Waals surface area contributed by atoms with Crippen molar-refractivity contribution in [1.29, 1.82) is 0 Å². The summed E-state index contributed by atoms with van der Waals surface area (Å²) in [5.74, 6) is 0.666. The molecule has 2 heterocycles. The van der Waals surface area contributed by atoms with Gasteiger partial charge in [-0.15, -0.1) is 0 Å². The van der Waals surface area contributed by atoms with Crippen LogP contribution < -0.4 is 16.4 Å². The minimum absolute atomic E-state index is 0.209. The molecule has 2 aliphatic heterocycles. The van der Waals surface area contributed by atoms with Crippen molar-refractivity contribution >= 4 is 0 Å². The molecule has 0 amide bonds. The number of piperidine rings is 1. The molecular formula is C12H21N3. The summed E-state index contributed by atoms with van der Waals surface area (Å²) in [6.45, 7) is 2.93. The highest BCUT2D eigenvalue weighted by molar-refractivity contribution is 5.26. The fourth-order valence-corrected chi connectivity index (χ4v) is 3.82. The molecule has 1 saturated heterocycles. The van der Waals surface area contributed by atoms with Crippen LogP contribution in [0, 0.1) is 5.92 Å². The third-order valence-electron chi connectivity index (χ3n) is 4.54.